The summed E-state index contributed by atoms with van der Waals surface area (Å²) in [5.41, 5.74) is 29.6. The third-order valence-electron chi connectivity index (χ3n) is 20.1. The number of aryl methyl sites for hydroxylation is 1. The van der Waals surface area contributed by atoms with Gasteiger partial charge in [-0.15, -0.1) is 11.3 Å². The van der Waals surface area contributed by atoms with Crippen LogP contribution in [-0.4, -0.2) is 6.85 Å². The summed E-state index contributed by atoms with van der Waals surface area (Å²) in [4.78, 5) is 5.55. The first-order valence-corrected chi connectivity index (χ1v) is 28.8. The summed E-state index contributed by atoms with van der Waals surface area (Å²) < 4.78 is 2.75. The second-order valence-electron chi connectivity index (χ2n) is 26.1. The fraction of sp³-hybridized carbons (Fsp3) is 0.250. The van der Waals surface area contributed by atoms with Gasteiger partial charge in [0.15, 0.2) is 0 Å². The van der Waals surface area contributed by atoms with Gasteiger partial charge in [0.25, 0.3) is 0 Å². The van der Waals surface area contributed by atoms with Crippen molar-refractivity contribution in [2.75, 3.05) is 9.71 Å². The Morgan fingerprint density at radius 1 is 0.395 bits per heavy atom. The first-order valence-electron chi connectivity index (χ1n) is 28.0. The molecule has 0 saturated heterocycles. The van der Waals surface area contributed by atoms with Gasteiger partial charge in [-0.3, -0.25) is 0 Å². The summed E-state index contributed by atoms with van der Waals surface area (Å²) in [5, 5.41) is 2.77. The van der Waals surface area contributed by atoms with E-state index >= 15 is 0 Å². The van der Waals surface area contributed by atoms with E-state index in [2.05, 4.69) is 242 Å². The Bertz CT molecular complexity index is 4180. The number of hydrogen-bond donors (Lipinski definition) is 0. The van der Waals surface area contributed by atoms with Crippen LogP contribution in [0.25, 0.3) is 53.6 Å². The van der Waals surface area contributed by atoms with E-state index < -0.39 is 5.41 Å². The Morgan fingerprint density at radius 3 is 1.62 bits per heavy atom. The van der Waals surface area contributed by atoms with Crippen LogP contribution in [0.1, 0.15) is 131 Å². The lowest BCUT2D eigenvalue weighted by atomic mass is 9.42. The molecule has 76 heavy (non-hydrogen) atoms. The molecule has 0 unspecified atom stereocenters. The zero-order valence-corrected chi connectivity index (χ0v) is 46.2. The molecule has 0 radical (unpaired) electrons. The minimum Gasteiger partial charge on any atom is -0.376 e. The highest BCUT2D eigenvalue weighted by Crippen LogP contribution is 2.65. The summed E-state index contributed by atoms with van der Waals surface area (Å²) in [7, 11) is 0. The Morgan fingerprint density at radius 2 is 0.934 bits per heavy atom. The van der Waals surface area contributed by atoms with E-state index in [4.69, 9.17) is 0 Å². The summed E-state index contributed by atoms with van der Waals surface area (Å²) in [6.45, 7) is 22.1. The molecule has 4 heterocycles. The third kappa shape index (κ3) is 5.69. The minimum atomic E-state index is -0.513. The van der Waals surface area contributed by atoms with Crippen LogP contribution in [0.5, 0.6) is 0 Å². The molecule has 0 amide bonds. The molecule has 10 aromatic rings. The Balaban J connectivity index is 1.07. The molecular weight excluding hydrogens is 936 g/mol. The van der Waals surface area contributed by atoms with Gasteiger partial charge in [-0.25, -0.2) is 0 Å². The van der Waals surface area contributed by atoms with Crippen molar-refractivity contribution >= 4 is 77.7 Å². The van der Waals surface area contributed by atoms with Crippen LogP contribution >= 0.6 is 11.3 Å². The first-order chi connectivity index (χ1) is 36.6. The predicted octanol–water partition coefficient (Wildman–Crippen LogP) is 18.1. The van der Waals surface area contributed by atoms with Crippen molar-refractivity contribution in [1.29, 1.82) is 0 Å². The molecule has 1 aromatic heterocycles. The highest BCUT2D eigenvalue weighted by Gasteiger charge is 2.56. The van der Waals surface area contributed by atoms with Gasteiger partial charge < -0.3 is 9.71 Å². The average molecular weight is 999 g/mol. The molecule has 16 rings (SSSR count). The summed E-state index contributed by atoms with van der Waals surface area (Å²) in [5.74, 6) is 0. The monoisotopic (exact) mass is 998 g/mol. The number of anilines is 5. The van der Waals surface area contributed by atoms with Gasteiger partial charge in [-0.2, -0.15) is 0 Å². The van der Waals surface area contributed by atoms with E-state index in [-0.39, 0.29) is 28.5 Å². The molecule has 3 aliphatic carbocycles. The van der Waals surface area contributed by atoms with E-state index in [1.807, 2.05) is 11.3 Å². The van der Waals surface area contributed by atoms with E-state index in [0.29, 0.717) is 0 Å². The largest absolute Gasteiger partial charge is 0.376 e. The van der Waals surface area contributed by atoms with Crippen molar-refractivity contribution in [2.45, 2.75) is 115 Å². The van der Waals surface area contributed by atoms with Crippen molar-refractivity contribution < 1.29 is 0 Å². The second-order valence-corrected chi connectivity index (χ2v) is 27.2. The zero-order chi connectivity index (χ0) is 51.6. The molecule has 1 spiro atoms. The van der Waals surface area contributed by atoms with Crippen molar-refractivity contribution in [1.82, 2.24) is 0 Å². The number of para-hydroxylation sites is 2. The Labute approximate surface area is 453 Å². The SMILES string of the molecule is Cc1cc2c(cc1N1c3cc4sc5cc6c(cc5c4cc3B3c4c(cc(-c5ccccc5)cc41)-c1cccc4c1N3c1ccccc1C41c3ccccc3-c3ccccc31)C(C)(C)CCC6(C)C)C(C)(C)CCC2(C)C. The standard InChI is InChI=1S/C72H63BN2S/c1-42-34-55-57(70(6,7)32-30-68(55,2)3)39-61(42)74-62-41-65-49(48-37-56-58(40-64(48)76-65)71(8,9)33-31-69(56,4)5)38-59(62)73-66-50(35-44(36-63(66)74)43-20-11-10-12-21-43)47-24-19-28-54-67(47)75(73)60-29-18-17-27-53(60)72(54)51-25-15-13-22-45(51)46-23-14-16-26-52(46)72/h10-29,34-41H,30-33H2,1-9H3. The number of hydrogen-bond acceptors (Lipinski definition) is 3. The lowest BCUT2D eigenvalue weighted by molar-refractivity contribution is 0.332. The fourth-order valence-electron chi connectivity index (χ4n) is 15.9. The van der Waals surface area contributed by atoms with Gasteiger partial charge in [0.1, 0.15) is 0 Å². The summed E-state index contributed by atoms with van der Waals surface area (Å²) in [6, 6.07) is 67.3. The number of rotatable bonds is 2. The predicted molar refractivity (Wildman–Crippen MR) is 325 cm³/mol. The van der Waals surface area contributed by atoms with E-state index in [0.717, 1.165) is 6.42 Å². The molecule has 2 nitrogen and oxygen atoms in total. The molecule has 4 heteroatoms. The molecule has 0 N–H and O–H groups in total. The lowest BCUT2D eigenvalue weighted by Crippen LogP contribution is -2.63. The van der Waals surface area contributed by atoms with Crippen LogP contribution in [0.4, 0.5) is 28.4 Å². The van der Waals surface area contributed by atoms with Gasteiger partial charge >= 0.3 is 6.85 Å². The number of thiophene rings is 1. The molecule has 0 bridgehead atoms. The van der Waals surface area contributed by atoms with Crippen LogP contribution in [0.2, 0.25) is 0 Å². The maximum Gasteiger partial charge on any atom is 0.333 e. The Hall–Kier alpha value is -7.14. The maximum absolute atomic E-state index is 2.82. The van der Waals surface area contributed by atoms with Gasteiger partial charge in [-0.05, 0) is 186 Å². The van der Waals surface area contributed by atoms with Crippen molar-refractivity contribution in [2.24, 2.45) is 0 Å². The molecular formula is C72H63BN2S. The minimum absolute atomic E-state index is 0.0379. The topological polar surface area (TPSA) is 6.48 Å². The maximum atomic E-state index is 2.82. The molecule has 6 aliphatic rings. The van der Waals surface area contributed by atoms with Gasteiger partial charge in [0.05, 0.1) is 5.41 Å². The lowest BCUT2D eigenvalue weighted by Gasteiger charge is -2.52. The highest BCUT2D eigenvalue weighted by molar-refractivity contribution is 7.26. The van der Waals surface area contributed by atoms with Crippen molar-refractivity contribution in [3.63, 3.8) is 0 Å². The Kier molecular flexibility index (Phi) is 8.82. The summed E-state index contributed by atoms with van der Waals surface area (Å²) >= 11 is 2.00. The normalized spacial score (nSPS) is 18.6. The molecule has 3 aliphatic heterocycles. The number of fused-ring (bicyclic) bond motifs is 18. The van der Waals surface area contributed by atoms with Crippen LogP contribution < -0.4 is 20.6 Å². The van der Waals surface area contributed by atoms with Gasteiger partial charge in [-0.1, -0.05) is 183 Å². The quantitative estimate of drug-likeness (QED) is 0.159. The molecule has 370 valence electrons. The average Bonchev–Trinajstić information content (AvgIpc) is 4.12. The molecule has 0 fully saturated rings. The second kappa shape index (κ2) is 14.9. The number of nitrogens with zero attached hydrogens (tertiary/aromatic N) is 2. The van der Waals surface area contributed by atoms with Crippen LogP contribution in [0, 0.1) is 6.92 Å². The van der Waals surface area contributed by atoms with Crippen LogP contribution in [-0.2, 0) is 27.1 Å². The third-order valence-corrected chi connectivity index (χ3v) is 21.2. The fourth-order valence-corrected chi connectivity index (χ4v) is 17.0. The van der Waals surface area contributed by atoms with Crippen LogP contribution in [0.3, 0.4) is 0 Å². The van der Waals surface area contributed by atoms with Crippen molar-refractivity contribution in [3.8, 4) is 33.4 Å². The highest BCUT2D eigenvalue weighted by atomic mass is 32.1. The first kappa shape index (κ1) is 45.1. The van der Waals surface area contributed by atoms with E-state index in [1.54, 1.807) is 0 Å². The van der Waals surface area contributed by atoms with E-state index in [1.165, 1.54) is 162 Å². The van der Waals surface area contributed by atoms with E-state index in [9.17, 15) is 0 Å². The molecule has 0 saturated carbocycles. The molecule has 0 atom stereocenters. The van der Waals surface area contributed by atoms with Gasteiger partial charge in [0.2, 0.25) is 0 Å². The van der Waals surface area contributed by atoms with Crippen molar-refractivity contribution in [3.05, 3.63) is 220 Å². The number of benzene rings is 9. The van der Waals surface area contributed by atoms with Crippen LogP contribution in [0.15, 0.2) is 170 Å². The zero-order valence-electron chi connectivity index (χ0n) is 45.4. The van der Waals surface area contributed by atoms with Gasteiger partial charge in [0, 0.05) is 54.2 Å². The molecule has 9 aromatic carbocycles. The smallest absolute Gasteiger partial charge is 0.333 e. The summed E-state index contributed by atoms with van der Waals surface area (Å²) in [6.07, 6.45) is 4.74.